The van der Waals surface area contributed by atoms with Crippen molar-refractivity contribution >= 4 is 29.4 Å². The molecule has 2 amide bonds. The van der Waals surface area contributed by atoms with Gasteiger partial charge in [0.05, 0.1) is 28.8 Å². The van der Waals surface area contributed by atoms with Gasteiger partial charge in [0, 0.05) is 56.5 Å². The maximum atomic E-state index is 14.4. The van der Waals surface area contributed by atoms with Crippen LogP contribution in [0.4, 0.5) is 0 Å². The van der Waals surface area contributed by atoms with Crippen LogP contribution in [0, 0.1) is 16.7 Å². The van der Waals surface area contributed by atoms with E-state index < -0.39 is 23.3 Å². The van der Waals surface area contributed by atoms with Gasteiger partial charge in [-0.25, -0.2) is 0 Å². The summed E-state index contributed by atoms with van der Waals surface area (Å²) in [4.78, 5) is 43.9. The lowest BCUT2D eigenvalue weighted by Gasteiger charge is -2.45. The van der Waals surface area contributed by atoms with Crippen LogP contribution in [0.15, 0.2) is 12.1 Å². The van der Waals surface area contributed by atoms with Crippen molar-refractivity contribution in [3.05, 3.63) is 39.7 Å². The van der Waals surface area contributed by atoms with E-state index in [-0.39, 0.29) is 23.3 Å². The van der Waals surface area contributed by atoms with Gasteiger partial charge in [0.1, 0.15) is 11.9 Å². The van der Waals surface area contributed by atoms with Crippen LogP contribution in [0.3, 0.4) is 0 Å². The molecule has 7 rings (SSSR count). The molecule has 0 bridgehead atoms. The second kappa shape index (κ2) is 9.96. The van der Waals surface area contributed by atoms with Gasteiger partial charge in [0.2, 0.25) is 11.8 Å². The van der Waals surface area contributed by atoms with Crippen LogP contribution in [-0.2, 0) is 40.7 Å². The third kappa shape index (κ3) is 4.48. The molecule has 3 fully saturated rings. The summed E-state index contributed by atoms with van der Waals surface area (Å²) in [5.41, 5.74) is 2.74. The lowest BCUT2D eigenvalue weighted by atomic mass is 9.66. The van der Waals surface area contributed by atoms with Gasteiger partial charge in [-0.2, -0.15) is 0 Å². The summed E-state index contributed by atoms with van der Waals surface area (Å²) in [5.74, 6) is -0.897. The SMILES string of the molecule is Cn1nnc2c1CC(Oc1ccc(Cl)c3c1C(CN1CC4(CC4)CC1=O)N(C(=O)C1CCCC[C@]1(C)C(=O)O)CC3)C2. The molecule has 1 aromatic heterocycles. The van der Waals surface area contributed by atoms with E-state index in [1.807, 2.05) is 29.0 Å². The zero-order chi connectivity index (χ0) is 29.4. The van der Waals surface area contributed by atoms with Gasteiger partial charge in [-0.15, -0.1) is 5.10 Å². The maximum Gasteiger partial charge on any atom is 0.310 e. The predicted octanol–water partition coefficient (Wildman–Crippen LogP) is 3.73. The fourth-order valence-corrected chi connectivity index (χ4v) is 8.24. The highest BCUT2D eigenvalue weighted by molar-refractivity contribution is 6.31. The molecule has 5 aliphatic rings. The average Bonchev–Trinajstić information content (AvgIpc) is 3.28. The molecule has 224 valence electrons. The number of halogens is 1. The summed E-state index contributed by atoms with van der Waals surface area (Å²) in [6.45, 7) is 3.19. The van der Waals surface area contributed by atoms with Gasteiger partial charge >= 0.3 is 5.97 Å². The number of carbonyl (C=O) groups excluding carboxylic acids is 2. The van der Waals surface area contributed by atoms with Crippen molar-refractivity contribution in [2.75, 3.05) is 19.6 Å². The van der Waals surface area contributed by atoms with Crippen molar-refractivity contribution in [3.63, 3.8) is 0 Å². The smallest absolute Gasteiger partial charge is 0.310 e. The quantitative estimate of drug-likeness (QED) is 0.540. The number of hydrogen-bond donors (Lipinski definition) is 1. The Hall–Kier alpha value is -3.14. The molecule has 3 aliphatic carbocycles. The van der Waals surface area contributed by atoms with E-state index in [4.69, 9.17) is 16.3 Å². The first-order chi connectivity index (χ1) is 20.1. The maximum absolute atomic E-state index is 14.4. The van der Waals surface area contributed by atoms with Crippen molar-refractivity contribution in [2.45, 2.75) is 83.3 Å². The summed E-state index contributed by atoms with van der Waals surface area (Å²) >= 11 is 6.80. The summed E-state index contributed by atoms with van der Waals surface area (Å²) < 4.78 is 8.46. The minimum Gasteiger partial charge on any atom is -0.489 e. The number of fused-ring (bicyclic) bond motifs is 2. The highest BCUT2D eigenvalue weighted by atomic mass is 35.5. The molecule has 3 unspecified atom stereocenters. The summed E-state index contributed by atoms with van der Waals surface area (Å²) in [7, 11) is 1.88. The molecule has 11 heteroatoms. The Kier molecular flexibility index (Phi) is 6.56. The van der Waals surface area contributed by atoms with E-state index in [0.717, 1.165) is 48.2 Å². The van der Waals surface area contributed by atoms with Gasteiger partial charge < -0.3 is 19.6 Å². The van der Waals surface area contributed by atoms with Crippen molar-refractivity contribution < 1.29 is 24.2 Å². The summed E-state index contributed by atoms with van der Waals surface area (Å²) in [5, 5.41) is 19.2. The van der Waals surface area contributed by atoms with E-state index in [1.54, 1.807) is 11.6 Å². The summed E-state index contributed by atoms with van der Waals surface area (Å²) in [6.07, 6.45) is 7.04. The number of carboxylic acids is 1. The van der Waals surface area contributed by atoms with E-state index in [9.17, 15) is 19.5 Å². The molecule has 1 spiro atoms. The number of carboxylic acid groups (broad SMARTS) is 1. The van der Waals surface area contributed by atoms with E-state index in [1.165, 1.54) is 0 Å². The fourth-order valence-electron chi connectivity index (χ4n) is 7.98. The van der Waals surface area contributed by atoms with E-state index >= 15 is 0 Å². The molecule has 1 aromatic carbocycles. The minimum atomic E-state index is -1.12. The Morgan fingerprint density at radius 3 is 2.71 bits per heavy atom. The topological polar surface area (TPSA) is 118 Å². The number of aromatic nitrogens is 3. The Balaban J connectivity index is 1.26. The first-order valence-electron chi connectivity index (χ1n) is 15.3. The molecule has 0 radical (unpaired) electrons. The number of amides is 2. The Morgan fingerprint density at radius 2 is 2.00 bits per heavy atom. The number of benzene rings is 1. The Morgan fingerprint density at radius 1 is 1.19 bits per heavy atom. The second-order valence-electron chi connectivity index (χ2n) is 13.5. The fraction of sp³-hybridized carbons (Fsp3) is 0.645. The van der Waals surface area contributed by atoms with E-state index in [0.29, 0.717) is 68.9 Å². The zero-order valence-corrected chi connectivity index (χ0v) is 25.0. The number of carbonyl (C=O) groups is 3. The van der Waals surface area contributed by atoms with Crippen LogP contribution in [0.25, 0.3) is 0 Å². The molecular formula is C31H38ClN5O5. The zero-order valence-electron chi connectivity index (χ0n) is 24.3. The molecule has 2 aromatic rings. The van der Waals surface area contributed by atoms with Gasteiger partial charge in [0.15, 0.2) is 0 Å². The predicted molar refractivity (Wildman–Crippen MR) is 153 cm³/mol. The van der Waals surface area contributed by atoms with Gasteiger partial charge in [-0.05, 0) is 62.1 Å². The molecule has 1 saturated heterocycles. The van der Waals surface area contributed by atoms with Crippen LogP contribution in [0.1, 0.15) is 80.4 Å². The van der Waals surface area contributed by atoms with Crippen molar-refractivity contribution in [2.24, 2.45) is 23.8 Å². The number of nitrogens with zero attached hydrogens (tertiary/aromatic N) is 5. The van der Waals surface area contributed by atoms with Crippen LogP contribution >= 0.6 is 11.6 Å². The van der Waals surface area contributed by atoms with E-state index in [2.05, 4.69) is 10.3 Å². The highest BCUT2D eigenvalue weighted by Crippen LogP contribution is 2.54. The molecule has 4 atom stereocenters. The molecule has 2 aliphatic heterocycles. The van der Waals surface area contributed by atoms with Crippen molar-refractivity contribution in [1.82, 2.24) is 24.8 Å². The molecule has 42 heavy (non-hydrogen) atoms. The molecule has 2 saturated carbocycles. The lowest BCUT2D eigenvalue weighted by molar-refractivity contribution is -0.162. The largest absolute Gasteiger partial charge is 0.489 e. The number of aliphatic carboxylic acids is 1. The minimum absolute atomic E-state index is 0.0823. The molecule has 1 N–H and O–H groups in total. The van der Waals surface area contributed by atoms with Crippen LogP contribution in [0.2, 0.25) is 5.02 Å². The lowest BCUT2D eigenvalue weighted by Crippen LogP contribution is -2.52. The second-order valence-corrected chi connectivity index (χ2v) is 13.9. The van der Waals surface area contributed by atoms with Crippen molar-refractivity contribution in [1.29, 1.82) is 0 Å². The van der Waals surface area contributed by atoms with Crippen LogP contribution in [0.5, 0.6) is 5.75 Å². The number of ether oxygens (including phenoxy) is 1. The third-order valence-electron chi connectivity index (χ3n) is 10.8. The van der Waals surface area contributed by atoms with Crippen LogP contribution in [-0.4, -0.2) is 73.4 Å². The third-order valence-corrected chi connectivity index (χ3v) is 11.1. The molecular weight excluding hydrogens is 558 g/mol. The first-order valence-corrected chi connectivity index (χ1v) is 15.6. The van der Waals surface area contributed by atoms with Crippen LogP contribution < -0.4 is 4.74 Å². The normalized spacial score (nSPS) is 29.5. The van der Waals surface area contributed by atoms with Gasteiger partial charge in [-0.1, -0.05) is 29.7 Å². The highest BCUT2D eigenvalue weighted by Gasteiger charge is 2.54. The Bertz CT molecular complexity index is 1470. The number of aryl methyl sites for hydroxylation is 1. The molecule has 10 nitrogen and oxygen atoms in total. The standard InChI is InChI=1S/C31H38ClN5O5/c1-30(29(40)41)9-4-3-5-20(30)28(39)37-12-8-19-21(32)6-7-25(42-18-13-22-23(14-18)35(2)34-33-22)27(19)24(37)16-36-17-31(10-11-31)15-26(36)38/h6-7,18,20,24H,3-5,8-17H2,1-2H3,(H,40,41)/t18?,20?,24?,30-/m0/s1. The number of rotatable bonds is 6. The monoisotopic (exact) mass is 595 g/mol. The molecule has 3 heterocycles. The number of likely N-dealkylation sites (tertiary alicyclic amines) is 1. The summed E-state index contributed by atoms with van der Waals surface area (Å²) in [6, 6.07) is 3.26. The Labute approximate surface area is 250 Å². The average molecular weight is 596 g/mol. The number of hydrogen-bond acceptors (Lipinski definition) is 6. The van der Waals surface area contributed by atoms with Gasteiger partial charge in [0.25, 0.3) is 0 Å². The van der Waals surface area contributed by atoms with Gasteiger partial charge in [-0.3, -0.25) is 19.1 Å². The van der Waals surface area contributed by atoms with Crippen molar-refractivity contribution in [3.8, 4) is 5.75 Å². The first kappa shape index (κ1) is 27.7.